The van der Waals surface area contributed by atoms with Gasteiger partial charge in [-0.05, 0) is 6.07 Å². The molecule has 0 saturated heterocycles. The van der Waals surface area contributed by atoms with E-state index in [-0.39, 0.29) is 0 Å². The fourth-order valence-corrected chi connectivity index (χ4v) is 0.860. The monoisotopic (exact) mass is 150 g/mol. The van der Waals surface area contributed by atoms with Crippen molar-refractivity contribution in [1.29, 1.82) is 0 Å². The number of anilines is 1. The molecule has 0 aliphatic rings. The summed E-state index contributed by atoms with van der Waals surface area (Å²) in [5.74, 6) is 0.554. The maximum atomic E-state index is 5.53. The minimum absolute atomic E-state index is 0.520. The number of nitrogens with two attached hydrogens (primary N) is 1. The molecule has 0 unspecified atom stereocenters. The van der Waals surface area contributed by atoms with Gasteiger partial charge in [0.2, 0.25) is 0 Å². The van der Waals surface area contributed by atoms with Crippen LogP contribution in [0.1, 0.15) is 0 Å². The predicted octanol–water partition coefficient (Wildman–Crippen LogP) is 1.52. The second-order valence-corrected chi connectivity index (χ2v) is 2.12. The lowest BCUT2D eigenvalue weighted by molar-refractivity contribution is 0.432. The third-order valence-electron chi connectivity index (χ3n) is 1.38. The third-order valence-corrected chi connectivity index (χ3v) is 1.38. The van der Waals surface area contributed by atoms with Crippen molar-refractivity contribution in [1.82, 2.24) is 5.16 Å². The van der Waals surface area contributed by atoms with Gasteiger partial charge in [-0.1, -0.05) is 5.16 Å². The highest BCUT2D eigenvalue weighted by molar-refractivity contribution is 5.68. The Hall–Kier alpha value is -1.71. The molecule has 0 aliphatic carbocycles. The second-order valence-electron chi connectivity index (χ2n) is 2.12. The Bertz CT molecular complexity index is 337. The molecular weight excluding hydrogens is 144 g/mol. The zero-order valence-corrected chi connectivity index (χ0v) is 5.65. The van der Waals surface area contributed by atoms with E-state index in [1.54, 1.807) is 18.6 Å². The smallest absolute Gasteiger partial charge is 0.192 e. The minimum atomic E-state index is 0.520. The number of hydrogen-bond donors (Lipinski definition) is 1. The number of nitrogens with zero attached hydrogens (tertiary/aromatic N) is 1. The molecule has 2 aromatic heterocycles. The Morgan fingerprint density at radius 2 is 2.36 bits per heavy atom. The van der Waals surface area contributed by atoms with Gasteiger partial charge in [0.15, 0.2) is 5.76 Å². The average molecular weight is 150 g/mol. The lowest BCUT2D eigenvalue weighted by atomic mass is 10.2. The summed E-state index contributed by atoms with van der Waals surface area (Å²) < 4.78 is 9.72. The van der Waals surface area contributed by atoms with Crippen LogP contribution in [0.25, 0.3) is 11.3 Å². The van der Waals surface area contributed by atoms with E-state index in [2.05, 4.69) is 5.16 Å². The SMILES string of the molecule is Nc1cnoc1-c1ccoc1. The average Bonchev–Trinajstić information content (AvgIpc) is 2.55. The highest BCUT2D eigenvalue weighted by Crippen LogP contribution is 2.24. The summed E-state index contributed by atoms with van der Waals surface area (Å²) in [5, 5.41) is 3.54. The number of nitrogen functional groups attached to an aromatic ring is 1. The van der Waals surface area contributed by atoms with Gasteiger partial charge in [0.25, 0.3) is 0 Å². The van der Waals surface area contributed by atoms with Crippen molar-refractivity contribution < 1.29 is 8.94 Å². The molecule has 2 heterocycles. The van der Waals surface area contributed by atoms with Crippen LogP contribution in [0.15, 0.2) is 33.7 Å². The van der Waals surface area contributed by atoms with Crippen molar-refractivity contribution in [3.8, 4) is 11.3 Å². The van der Waals surface area contributed by atoms with Crippen LogP contribution in [0.4, 0.5) is 5.69 Å². The largest absolute Gasteiger partial charge is 0.472 e. The normalized spacial score (nSPS) is 10.2. The first-order chi connectivity index (χ1) is 5.38. The van der Waals surface area contributed by atoms with E-state index < -0.39 is 0 Å². The lowest BCUT2D eigenvalue weighted by Gasteiger charge is -1.87. The summed E-state index contributed by atoms with van der Waals surface area (Å²) in [6.45, 7) is 0. The van der Waals surface area contributed by atoms with Crippen molar-refractivity contribution in [2.45, 2.75) is 0 Å². The summed E-state index contributed by atoms with van der Waals surface area (Å²) in [5.41, 5.74) is 6.86. The Balaban J connectivity index is 2.53. The van der Waals surface area contributed by atoms with Crippen LogP contribution >= 0.6 is 0 Å². The molecule has 0 atom stereocenters. The quantitative estimate of drug-likeness (QED) is 0.669. The molecule has 2 aromatic rings. The molecule has 56 valence electrons. The molecule has 0 radical (unpaired) electrons. The van der Waals surface area contributed by atoms with Crippen LogP contribution in [0.2, 0.25) is 0 Å². The van der Waals surface area contributed by atoms with Gasteiger partial charge in [-0.3, -0.25) is 0 Å². The third kappa shape index (κ3) is 0.881. The number of hydrogen-bond acceptors (Lipinski definition) is 4. The van der Waals surface area contributed by atoms with Gasteiger partial charge in [-0.15, -0.1) is 0 Å². The molecule has 0 saturated carbocycles. The van der Waals surface area contributed by atoms with Gasteiger partial charge >= 0.3 is 0 Å². The van der Waals surface area contributed by atoms with Gasteiger partial charge in [0, 0.05) is 0 Å². The maximum absolute atomic E-state index is 5.53. The zero-order chi connectivity index (χ0) is 7.68. The molecule has 0 bridgehead atoms. The molecule has 2 N–H and O–H groups in total. The summed E-state index contributed by atoms with van der Waals surface area (Å²) in [6.07, 6.45) is 4.57. The summed E-state index contributed by atoms with van der Waals surface area (Å²) in [4.78, 5) is 0. The van der Waals surface area contributed by atoms with E-state index >= 15 is 0 Å². The van der Waals surface area contributed by atoms with Crippen molar-refractivity contribution in [3.63, 3.8) is 0 Å². The standard InChI is InChI=1S/C7H6N2O2/c8-6-3-9-11-7(6)5-1-2-10-4-5/h1-4H,8H2. The number of furan rings is 1. The number of rotatable bonds is 1. The predicted molar refractivity (Wildman–Crippen MR) is 38.6 cm³/mol. The van der Waals surface area contributed by atoms with Crippen LogP contribution in [0.3, 0.4) is 0 Å². The van der Waals surface area contributed by atoms with E-state index in [1.165, 1.54) is 6.20 Å². The van der Waals surface area contributed by atoms with Gasteiger partial charge in [-0.2, -0.15) is 0 Å². The fraction of sp³-hybridized carbons (Fsp3) is 0. The van der Waals surface area contributed by atoms with E-state index in [9.17, 15) is 0 Å². The topological polar surface area (TPSA) is 65.2 Å². The van der Waals surface area contributed by atoms with Gasteiger partial charge in [-0.25, -0.2) is 0 Å². The van der Waals surface area contributed by atoms with E-state index in [1.807, 2.05) is 0 Å². The van der Waals surface area contributed by atoms with Gasteiger partial charge in [0.05, 0.1) is 18.0 Å². The molecule has 4 heteroatoms. The molecule has 0 aromatic carbocycles. The van der Waals surface area contributed by atoms with Crippen LogP contribution in [0.5, 0.6) is 0 Å². The second kappa shape index (κ2) is 2.16. The van der Waals surface area contributed by atoms with Crippen LogP contribution in [-0.2, 0) is 0 Å². The van der Waals surface area contributed by atoms with E-state index in [0.29, 0.717) is 11.4 Å². The van der Waals surface area contributed by atoms with E-state index in [4.69, 9.17) is 14.7 Å². The molecule has 11 heavy (non-hydrogen) atoms. The Morgan fingerprint density at radius 1 is 1.45 bits per heavy atom. The highest BCUT2D eigenvalue weighted by atomic mass is 16.5. The van der Waals surface area contributed by atoms with Crippen molar-refractivity contribution in [3.05, 3.63) is 24.8 Å². The summed E-state index contributed by atoms with van der Waals surface area (Å²) >= 11 is 0. The van der Waals surface area contributed by atoms with Crippen LogP contribution in [0, 0.1) is 0 Å². The van der Waals surface area contributed by atoms with E-state index in [0.717, 1.165) is 5.56 Å². The fourth-order valence-electron chi connectivity index (χ4n) is 0.860. The first-order valence-electron chi connectivity index (χ1n) is 3.10. The first-order valence-corrected chi connectivity index (χ1v) is 3.10. The number of aromatic nitrogens is 1. The van der Waals surface area contributed by atoms with Gasteiger partial charge < -0.3 is 14.7 Å². The zero-order valence-electron chi connectivity index (χ0n) is 5.65. The lowest BCUT2D eigenvalue weighted by Crippen LogP contribution is -1.82. The van der Waals surface area contributed by atoms with Crippen LogP contribution < -0.4 is 5.73 Å². The van der Waals surface area contributed by atoms with Crippen LogP contribution in [-0.4, -0.2) is 5.16 Å². The van der Waals surface area contributed by atoms with Crippen molar-refractivity contribution >= 4 is 5.69 Å². The van der Waals surface area contributed by atoms with Crippen molar-refractivity contribution in [2.24, 2.45) is 0 Å². The minimum Gasteiger partial charge on any atom is -0.472 e. The summed E-state index contributed by atoms with van der Waals surface area (Å²) in [7, 11) is 0. The molecular formula is C7H6N2O2. The Kier molecular flexibility index (Phi) is 1.18. The maximum Gasteiger partial charge on any atom is 0.192 e. The van der Waals surface area contributed by atoms with Crippen molar-refractivity contribution in [2.75, 3.05) is 5.73 Å². The van der Waals surface area contributed by atoms with Gasteiger partial charge in [0.1, 0.15) is 12.0 Å². The molecule has 0 amide bonds. The molecule has 0 spiro atoms. The Morgan fingerprint density at radius 3 is 2.91 bits per heavy atom. The summed E-state index contributed by atoms with van der Waals surface area (Å²) in [6, 6.07) is 1.76. The molecule has 4 nitrogen and oxygen atoms in total. The molecule has 0 aliphatic heterocycles. The first kappa shape index (κ1) is 6.03. The highest BCUT2D eigenvalue weighted by Gasteiger charge is 2.07. The molecule has 0 fully saturated rings. The Labute approximate surface area is 62.6 Å². The molecule has 2 rings (SSSR count).